The Morgan fingerprint density at radius 3 is 2.26 bits per heavy atom. The molecule has 1 aliphatic heterocycles. The molecule has 0 saturated carbocycles. The maximum absolute atomic E-state index is 15.6. The highest BCUT2D eigenvalue weighted by Crippen LogP contribution is 2.49. The average molecular weight is 748 g/mol. The minimum absolute atomic E-state index is 0.120. The van der Waals surface area contributed by atoms with Gasteiger partial charge in [0.1, 0.15) is 47.3 Å². The molecular formula is C43H43ClFN5O4. The van der Waals surface area contributed by atoms with Crippen molar-refractivity contribution in [3.05, 3.63) is 130 Å². The molecule has 3 aromatic heterocycles. The maximum Gasteiger partial charge on any atom is 0.164 e. The van der Waals surface area contributed by atoms with Crippen molar-refractivity contribution in [3.63, 3.8) is 0 Å². The molecule has 4 heterocycles. The number of nitrogens with zero attached hydrogens (tertiary/aromatic N) is 4. The Balaban J connectivity index is 1.04. The van der Waals surface area contributed by atoms with Gasteiger partial charge in [-0.25, -0.2) is 19.3 Å². The predicted octanol–water partition coefficient (Wildman–Crippen LogP) is 9.21. The van der Waals surface area contributed by atoms with E-state index in [1.54, 1.807) is 32.7 Å². The summed E-state index contributed by atoms with van der Waals surface area (Å²) in [6.45, 7) is 6.57. The van der Waals surface area contributed by atoms with Crippen molar-refractivity contribution < 1.29 is 23.3 Å². The molecule has 3 aromatic carbocycles. The van der Waals surface area contributed by atoms with E-state index in [9.17, 15) is 0 Å². The highest BCUT2D eigenvalue weighted by atomic mass is 35.5. The number of hydrogen-bond donors (Lipinski definition) is 1. The number of anilines is 1. The molecule has 0 amide bonds. The first-order valence-electron chi connectivity index (χ1n) is 18.2. The lowest BCUT2D eigenvalue weighted by Gasteiger charge is -2.25. The quantitative estimate of drug-likeness (QED) is 0.124. The first-order chi connectivity index (χ1) is 26.1. The molecule has 278 valence electrons. The van der Waals surface area contributed by atoms with Crippen LogP contribution in [-0.2, 0) is 35.3 Å². The number of rotatable bonds is 12. The Morgan fingerprint density at radius 2 is 1.54 bits per heavy atom. The molecule has 1 aliphatic carbocycles. The largest absolute Gasteiger partial charge is 0.497 e. The van der Waals surface area contributed by atoms with Gasteiger partial charge in [-0.15, -0.1) is 0 Å². The third kappa shape index (κ3) is 7.01. The molecular weight excluding hydrogens is 705 g/mol. The second kappa shape index (κ2) is 14.7. The molecule has 54 heavy (non-hydrogen) atoms. The summed E-state index contributed by atoms with van der Waals surface area (Å²) in [5.74, 6) is 1.02. The zero-order valence-corrected chi connectivity index (χ0v) is 31.8. The van der Waals surface area contributed by atoms with Gasteiger partial charge in [0.15, 0.2) is 5.79 Å². The molecule has 1 saturated heterocycles. The Morgan fingerprint density at radius 1 is 0.833 bits per heavy atom. The van der Waals surface area contributed by atoms with Crippen LogP contribution in [0.4, 0.5) is 10.2 Å². The van der Waals surface area contributed by atoms with Gasteiger partial charge in [-0.3, -0.25) is 0 Å². The monoisotopic (exact) mass is 747 g/mol. The normalized spacial score (nSPS) is 19.1. The van der Waals surface area contributed by atoms with Gasteiger partial charge in [0.2, 0.25) is 0 Å². The van der Waals surface area contributed by atoms with E-state index in [-0.39, 0.29) is 24.1 Å². The van der Waals surface area contributed by atoms with Crippen LogP contribution in [0.25, 0.3) is 21.9 Å². The summed E-state index contributed by atoms with van der Waals surface area (Å²) >= 11 is 6.56. The second-order valence-electron chi connectivity index (χ2n) is 14.5. The van der Waals surface area contributed by atoms with Gasteiger partial charge >= 0.3 is 0 Å². The number of aryl methyl sites for hydroxylation is 3. The molecule has 1 fully saturated rings. The standard InChI is InChI=1S/C43H43ClFN5O4/c1-25-31(16-10-28-20-35(45)33-22-34(44)41(49-37(33)21-28)46-23-27-8-14-30(52-5)15-9-27)39-40(54-43(2,3)53-39)38(25)50-19-18-32-36(47-24-48-42(32)50)17-11-26-6-12-29(51-4)13-7-26/h6-9,12-15,18-22,24,38-40H,10-11,16-17,23H2,1-5H3,(H,46,49)/t38-,39-,40+/m1/s1. The highest BCUT2D eigenvalue weighted by molar-refractivity contribution is 6.33. The summed E-state index contributed by atoms with van der Waals surface area (Å²) in [6.07, 6.45) is 6.17. The van der Waals surface area contributed by atoms with Gasteiger partial charge in [-0.05, 0) is 123 Å². The van der Waals surface area contributed by atoms with Gasteiger partial charge in [0.25, 0.3) is 0 Å². The molecule has 1 N–H and O–H groups in total. The SMILES string of the molecule is COc1ccc(CCc2ncnc3c2ccn3[C@@H]2C(C)=C(CCc3cc(F)c4cc(Cl)c(NCc5ccc(OC)cc5)nc4c3)[C@H]3OC(C)(C)O[C@H]32)cc1. The maximum atomic E-state index is 15.6. The third-order valence-corrected chi connectivity index (χ3v) is 10.9. The summed E-state index contributed by atoms with van der Waals surface area (Å²) in [5, 5.41) is 5.08. The molecule has 0 unspecified atom stereocenters. The van der Waals surface area contributed by atoms with Gasteiger partial charge in [-0.1, -0.05) is 35.9 Å². The number of ether oxygens (including phenoxy) is 4. The second-order valence-corrected chi connectivity index (χ2v) is 14.9. The van der Waals surface area contributed by atoms with E-state index in [1.807, 2.05) is 56.3 Å². The molecule has 0 bridgehead atoms. The van der Waals surface area contributed by atoms with Crippen LogP contribution in [0.3, 0.4) is 0 Å². The molecule has 11 heteroatoms. The van der Waals surface area contributed by atoms with Crippen molar-refractivity contribution in [2.75, 3.05) is 19.5 Å². The first-order valence-corrected chi connectivity index (χ1v) is 18.6. The van der Waals surface area contributed by atoms with Crippen LogP contribution in [0.2, 0.25) is 5.02 Å². The van der Waals surface area contributed by atoms with Crippen molar-refractivity contribution in [1.82, 2.24) is 19.5 Å². The number of aromatic nitrogens is 4. The van der Waals surface area contributed by atoms with E-state index in [1.165, 1.54) is 11.1 Å². The molecule has 6 aromatic rings. The van der Waals surface area contributed by atoms with Crippen LogP contribution < -0.4 is 14.8 Å². The molecule has 0 spiro atoms. The van der Waals surface area contributed by atoms with E-state index in [2.05, 4.69) is 46.2 Å². The lowest BCUT2D eigenvalue weighted by atomic mass is 9.99. The summed E-state index contributed by atoms with van der Waals surface area (Å²) in [6, 6.07) is 23.1. The smallest absolute Gasteiger partial charge is 0.164 e. The van der Waals surface area contributed by atoms with Crippen molar-refractivity contribution in [1.29, 1.82) is 0 Å². The minimum Gasteiger partial charge on any atom is -0.497 e. The Bertz CT molecular complexity index is 2360. The van der Waals surface area contributed by atoms with Crippen LogP contribution in [0, 0.1) is 5.82 Å². The van der Waals surface area contributed by atoms with Crippen LogP contribution in [-0.4, -0.2) is 51.7 Å². The summed E-state index contributed by atoms with van der Waals surface area (Å²) in [7, 11) is 3.31. The number of fused-ring (bicyclic) bond motifs is 3. The number of benzene rings is 3. The summed E-state index contributed by atoms with van der Waals surface area (Å²) < 4.78 is 41.5. The Labute approximate surface area is 319 Å². The average Bonchev–Trinajstić information content (AvgIpc) is 3.81. The number of hydrogen-bond acceptors (Lipinski definition) is 8. The minimum atomic E-state index is -0.755. The van der Waals surface area contributed by atoms with Crippen LogP contribution in [0.15, 0.2) is 96.5 Å². The zero-order valence-electron chi connectivity index (χ0n) is 31.0. The molecule has 8 rings (SSSR count). The molecule has 0 radical (unpaired) electrons. The fourth-order valence-electron chi connectivity index (χ4n) is 7.90. The lowest BCUT2D eigenvalue weighted by Crippen LogP contribution is -2.28. The van der Waals surface area contributed by atoms with E-state index in [0.29, 0.717) is 41.1 Å². The van der Waals surface area contributed by atoms with Gasteiger partial charge in [-0.2, -0.15) is 0 Å². The van der Waals surface area contributed by atoms with Gasteiger partial charge in [0.05, 0.1) is 36.5 Å². The van der Waals surface area contributed by atoms with E-state index in [0.717, 1.165) is 57.8 Å². The topological polar surface area (TPSA) is 92.6 Å². The Hall–Kier alpha value is -5.03. The third-order valence-electron chi connectivity index (χ3n) is 10.6. The van der Waals surface area contributed by atoms with E-state index >= 15 is 4.39 Å². The number of halogens is 2. The summed E-state index contributed by atoms with van der Waals surface area (Å²) in [4.78, 5) is 14.2. The van der Waals surface area contributed by atoms with E-state index in [4.69, 9.17) is 40.5 Å². The van der Waals surface area contributed by atoms with Crippen molar-refractivity contribution in [2.24, 2.45) is 0 Å². The van der Waals surface area contributed by atoms with Crippen molar-refractivity contribution in [3.8, 4) is 11.5 Å². The number of nitrogens with one attached hydrogen (secondary N) is 1. The van der Waals surface area contributed by atoms with E-state index < -0.39 is 5.79 Å². The van der Waals surface area contributed by atoms with Crippen LogP contribution in [0.1, 0.15) is 55.6 Å². The molecule has 2 aliphatic rings. The fourth-order valence-corrected chi connectivity index (χ4v) is 8.12. The van der Waals surface area contributed by atoms with Crippen molar-refractivity contribution >= 4 is 39.4 Å². The Kier molecular flexibility index (Phi) is 9.76. The number of pyridine rings is 1. The zero-order chi connectivity index (χ0) is 37.6. The molecule has 3 atom stereocenters. The van der Waals surface area contributed by atoms with Crippen molar-refractivity contribution in [2.45, 2.75) is 77.0 Å². The predicted molar refractivity (Wildman–Crippen MR) is 209 cm³/mol. The lowest BCUT2D eigenvalue weighted by molar-refractivity contribution is -0.148. The van der Waals surface area contributed by atoms with Crippen LogP contribution in [0.5, 0.6) is 11.5 Å². The number of methoxy groups -OCH3 is 2. The fraction of sp³-hybridized carbons (Fsp3) is 0.326. The van der Waals surface area contributed by atoms with Crippen LogP contribution >= 0.6 is 11.6 Å². The molecule has 9 nitrogen and oxygen atoms in total. The highest BCUT2D eigenvalue weighted by Gasteiger charge is 2.52. The first kappa shape index (κ1) is 36.0. The van der Waals surface area contributed by atoms with Gasteiger partial charge < -0.3 is 28.8 Å². The summed E-state index contributed by atoms with van der Waals surface area (Å²) in [5.41, 5.74) is 7.85. The van der Waals surface area contributed by atoms with Gasteiger partial charge in [0, 0.05) is 23.5 Å².